The average molecular weight is 431 g/mol. The quantitative estimate of drug-likeness (QED) is 0.461. The summed E-state index contributed by atoms with van der Waals surface area (Å²) in [6.45, 7) is 17.5. The number of aliphatic hydroxyl groups is 1. The van der Waals surface area contributed by atoms with Gasteiger partial charge in [0.25, 0.3) is 0 Å². The van der Waals surface area contributed by atoms with Gasteiger partial charge in [0, 0.05) is 10.8 Å². The summed E-state index contributed by atoms with van der Waals surface area (Å²) in [5, 5.41) is 10.6. The van der Waals surface area contributed by atoms with Crippen LogP contribution in [0.4, 0.5) is 0 Å². The third kappa shape index (κ3) is 2.59. The summed E-state index contributed by atoms with van der Waals surface area (Å²) in [4.78, 5) is 0. The Balaban J connectivity index is 1.42. The molecule has 0 unspecified atom stereocenters. The molecule has 1 saturated heterocycles. The molecule has 10 atom stereocenters. The molecule has 5 fully saturated rings. The van der Waals surface area contributed by atoms with Crippen LogP contribution in [0, 0.1) is 45.8 Å². The van der Waals surface area contributed by atoms with Crippen molar-refractivity contribution in [2.45, 2.75) is 136 Å². The lowest BCUT2D eigenvalue weighted by Crippen LogP contribution is -2.64. The highest BCUT2D eigenvalue weighted by Gasteiger charge is 2.89. The van der Waals surface area contributed by atoms with Crippen LogP contribution in [0.3, 0.4) is 0 Å². The molecule has 0 aromatic rings. The highest BCUT2D eigenvalue weighted by molar-refractivity contribution is 5.37. The lowest BCUT2D eigenvalue weighted by molar-refractivity contribution is -0.126. The van der Waals surface area contributed by atoms with Crippen LogP contribution in [0.5, 0.6) is 0 Å². The van der Waals surface area contributed by atoms with Gasteiger partial charge in [0.2, 0.25) is 0 Å². The monoisotopic (exact) mass is 430 g/mol. The van der Waals surface area contributed by atoms with E-state index in [0.29, 0.717) is 22.7 Å². The van der Waals surface area contributed by atoms with Crippen molar-refractivity contribution in [3.05, 3.63) is 0 Å². The second-order valence-corrected chi connectivity index (χ2v) is 14.0. The molecular formula is C29H50O2. The highest BCUT2D eigenvalue weighted by Crippen LogP contribution is 2.85. The zero-order valence-corrected chi connectivity index (χ0v) is 21.6. The van der Waals surface area contributed by atoms with Crippen LogP contribution < -0.4 is 0 Å². The molecule has 0 aromatic heterocycles. The molecule has 2 heteroatoms. The molecule has 0 spiro atoms. The van der Waals surface area contributed by atoms with Crippen molar-refractivity contribution in [3.63, 3.8) is 0 Å². The predicted octanol–water partition coefficient (Wildman–Crippen LogP) is 7.38. The van der Waals surface area contributed by atoms with Gasteiger partial charge in [0.1, 0.15) is 11.2 Å². The molecule has 178 valence electrons. The van der Waals surface area contributed by atoms with Gasteiger partial charge in [-0.2, -0.15) is 0 Å². The van der Waals surface area contributed by atoms with E-state index in [1.54, 1.807) is 0 Å². The molecule has 5 rings (SSSR count). The molecule has 4 saturated carbocycles. The van der Waals surface area contributed by atoms with Crippen LogP contribution in [-0.4, -0.2) is 22.4 Å². The van der Waals surface area contributed by atoms with E-state index in [4.69, 9.17) is 4.74 Å². The summed E-state index contributed by atoms with van der Waals surface area (Å²) >= 11 is 0. The maximum atomic E-state index is 10.6. The Bertz CT molecular complexity index is 718. The Morgan fingerprint density at radius 1 is 0.839 bits per heavy atom. The fraction of sp³-hybridized carbons (Fsp3) is 1.00. The second-order valence-electron chi connectivity index (χ2n) is 14.0. The summed E-state index contributed by atoms with van der Waals surface area (Å²) in [6, 6.07) is 0. The van der Waals surface area contributed by atoms with Gasteiger partial charge in [-0.1, -0.05) is 67.7 Å². The molecule has 0 bridgehead atoms. The van der Waals surface area contributed by atoms with Crippen molar-refractivity contribution >= 4 is 0 Å². The van der Waals surface area contributed by atoms with Crippen molar-refractivity contribution in [1.82, 2.24) is 0 Å². The van der Waals surface area contributed by atoms with E-state index in [9.17, 15) is 5.11 Å². The third-order valence-corrected chi connectivity index (χ3v) is 12.8. The maximum Gasteiger partial charge on any atom is 0.104 e. The normalized spacial score (nSPS) is 56.4. The van der Waals surface area contributed by atoms with Crippen molar-refractivity contribution < 1.29 is 9.84 Å². The van der Waals surface area contributed by atoms with Crippen LogP contribution in [-0.2, 0) is 4.74 Å². The zero-order chi connectivity index (χ0) is 22.4. The van der Waals surface area contributed by atoms with Crippen molar-refractivity contribution in [2.75, 3.05) is 0 Å². The Labute approximate surface area is 192 Å². The van der Waals surface area contributed by atoms with Crippen molar-refractivity contribution in [3.8, 4) is 0 Å². The Morgan fingerprint density at radius 3 is 2.29 bits per heavy atom. The van der Waals surface area contributed by atoms with E-state index in [1.165, 1.54) is 57.8 Å². The molecule has 1 heterocycles. The molecule has 1 aliphatic heterocycles. The molecular weight excluding hydrogens is 380 g/mol. The van der Waals surface area contributed by atoms with Gasteiger partial charge in [-0.15, -0.1) is 0 Å². The van der Waals surface area contributed by atoms with Gasteiger partial charge >= 0.3 is 0 Å². The largest absolute Gasteiger partial charge is 0.393 e. The second kappa shape index (κ2) is 6.97. The van der Waals surface area contributed by atoms with Crippen molar-refractivity contribution in [2.24, 2.45) is 45.8 Å². The molecule has 1 N–H and O–H groups in total. The number of aliphatic hydroxyl groups excluding tert-OH is 1. The number of hydrogen-bond acceptors (Lipinski definition) is 2. The first-order valence-corrected chi connectivity index (χ1v) is 13.9. The van der Waals surface area contributed by atoms with Gasteiger partial charge in [-0.3, -0.25) is 0 Å². The summed E-state index contributed by atoms with van der Waals surface area (Å²) in [7, 11) is 0. The van der Waals surface area contributed by atoms with E-state index in [0.717, 1.165) is 30.6 Å². The third-order valence-electron chi connectivity index (χ3n) is 12.8. The van der Waals surface area contributed by atoms with E-state index in [-0.39, 0.29) is 22.7 Å². The van der Waals surface area contributed by atoms with E-state index >= 15 is 0 Å². The Hall–Kier alpha value is -0.0800. The molecule has 0 amide bonds. The van der Waals surface area contributed by atoms with E-state index in [1.807, 2.05) is 0 Å². The Morgan fingerprint density at radius 2 is 1.58 bits per heavy atom. The van der Waals surface area contributed by atoms with Crippen molar-refractivity contribution in [1.29, 1.82) is 0 Å². The van der Waals surface area contributed by atoms with Crippen LogP contribution in [0.15, 0.2) is 0 Å². The lowest BCUT2D eigenvalue weighted by atomic mass is 9.39. The topological polar surface area (TPSA) is 32.8 Å². The average Bonchev–Trinajstić information content (AvgIpc) is 3.34. The SMILES string of the molecule is CC(C)CCC[C@H](C)[C@H]1CC[C@@]2(C)[C@@]34CC[C@@H]5[C@H](C)[C@@H](O)CC[C@]5(C)[C@]3(CC[C@]12C)O4. The summed E-state index contributed by atoms with van der Waals surface area (Å²) in [6.07, 6.45) is 14.1. The van der Waals surface area contributed by atoms with Crippen LogP contribution >= 0.6 is 0 Å². The number of hydrogen-bond donors (Lipinski definition) is 1. The van der Waals surface area contributed by atoms with Gasteiger partial charge in [0.15, 0.2) is 0 Å². The molecule has 2 nitrogen and oxygen atoms in total. The zero-order valence-electron chi connectivity index (χ0n) is 21.6. The summed E-state index contributed by atoms with van der Waals surface area (Å²) in [5.41, 5.74) is 1.22. The minimum atomic E-state index is -0.104. The first-order valence-electron chi connectivity index (χ1n) is 13.9. The van der Waals surface area contributed by atoms with Crippen LogP contribution in [0.2, 0.25) is 0 Å². The maximum absolute atomic E-state index is 10.6. The van der Waals surface area contributed by atoms with Gasteiger partial charge in [-0.05, 0) is 86.4 Å². The number of epoxide rings is 1. The number of ether oxygens (including phenoxy) is 1. The smallest absolute Gasteiger partial charge is 0.104 e. The molecule has 0 radical (unpaired) electrons. The first-order chi connectivity index (χ1) is 14.5. The summed E-state index contributed by atoms with van der Waals surface area (Å²) in [5.74, 6) is 3.59. The number of fused-ring (bicyclic) bond motifs is 2. The highest BCUT2D eigenvalue weighted by atomic mass is 16.6. The van der Waals surface area contributed by atoms with E-state index < -0.39 is 0 Å². The van der Waals surface area contributed by atoms with Crippen LogP contribution in [0.25, 0.3) is 0 Å². The minimum Gasteiger partial charge on any atom is -0.393 e. The van der Waals surface area contributed by atoms with E-state index in [2.05, 4.69) is 48.5 Å². The van der Waals surface area contributed by atoms with Gasteiger partial charge in [-0.25, -0.2) is 0 Å². The molecule has 5 aliphatic rings. The molecule has 31 heavy (non-hydrogen) atoms. The fourth-order valence-electron chi connectivity index (χ4n) is 10.6. The summed E-state index contributed by atoms with van der Waals surface area (Å²) < 4.78 is 7.21. The van der Waals surface area contributed by atoms with Crippen LogP contribution in [0.1, 0.15) is 119 Å². The minimum absolute atomic E-state index is 0.0986. The standard InChI is InChI=1S/C29H50O2/c1-19(2)9-8-10-20(3)22-11-15-27(7)25(22,5)17-18-28-26(6)14-13-24(30)21(4)23(26)12-16-29(27,28)31-28/h19-24,30H,8-18H2,1-7H3/t20-,21-,22+,23+,24-,25+,26-,27+,28-,29-/m0/s1. The first kappa shape index (κ1) is 22.7. The van der Waals surface area contributed by atoms with Gasteiger partial charge in [0.05, 0.1) is 6.10 Å². The Kier molecular flexibility index (Phi) is 5.10. The van der Waals surface area contributed by atoms with Gasteiger partial charge < -0.3 is 9.84 Å². The number of rotatable bonds is 5. The predicted molar refractivity (Wildman–Crippen MR) is 128 cm³/mol. The molecule has 0 aromatic carbocycles. The fourth-order valence-corrected chi connectivity index (χ4v) is 10.6. The lowest BCUT2D eigenvalue weighted by Gasteiger charge is -2.62. The molecule has 4 aliphatic carbocycles.